The maximum atomic E-state index is 4.59. The Morgan fingerprint density at radius 1 is 1.24 bits per heavy atom. The van der Waals surface area contributed by atoms with Crippen molar-refractivity contribution >= 4 is 0 Å². The van der Waals surface area contributed by atoms with E-state index < -0.39 is 0 Å². The van der Waals surface area contributed by atoms with Crippen molar-refractivity contribution in [1.82, 2.24) is 10.3 Å². The molecule has 0 bridgehead atoms. The number of unbranched alkanes of at least 4 members (excludes halogenated alkanes) is 3. The fourth-order valence-corrected chi connectivity index (χ4v) is 2.28. The third-order valence-electron chi connectivity index (χ3n) is 3.28. The Morgan fingerprint density at radius 3 is 2.59 bits per heavy atom. The highest BCUT2D eigenvalue weighted by Gasteiger charge is 2.12. The maximum Gasteiger partial charge on any atom is 0.0602 e. The van der Waals surface area contributed by atoms with Gasteiger partial charge >= 0.3 is 0 Å². The van der Waals surface area contributed by atoms with Crippen LogP contribution in [0.2, 0.25) is 0 Å². The molecule has 2 heteroatoms. The minimum Gasteiger partial charge on any atom is -0.312 e. The van der Waals surface area contributed by atoms with Crippen LogP contribution >= 0.6 is 0 Å². The molecule has 0 aliphatic carbocycles. The van der Waals surface area contributed by atoms with Gasteiger partial charge in [0.15, 0.2) is 0 Å². The van der Waals surface area contributed by atoms with Gasteiger partial charge in [-0.2, -0.15) is 0 Å². The van der Waals surface area contributed by atoms with E-state index in [4.69, 9.17) is 0 Å². The number of nitrogens with one attached hydrogen (secondary N) is 1. The Morgan fingerprint density at radius 2 is 2.00 bits per heavy atom. The lowest BCUT2D eigenvalue weighted by molar-refractivity contribution is 0.493. The van der Waals surface area contributed by atoms with Gasteiger partial charge in [0.25, 0.3) is 0 Å². The van der Waals surface area contributed by atoms with Gasteiger partial charge in [-0.15, -0.1) is 0 Å². The van der Waals surface area contributed by atoms with Gasteiger partial charge in [-0.25, -0.2) is 0 Å². The molecule has 0 aromatic carbocycles. The van der Waals surface area contributed by atoms with Gasteiger partial charge in [-0.1, -0.05) is 38.7 Å². The highest BCUT2D eigenvalue weighted by atomic mass is 14.9. The molecule has 1 unspecified atom stereocenters. The molecule has 0 fully saturated rings. The monoisotopic (exact) mass is 234 g/mol. The second-order valence-electron chi connectivity index (χ2n) is 4.91. The first-order valence-corrected chi connectivity index (χ1v) is 6.79. The third kappa shape index (κ3) is 4.47. The number of pyridine rings is 1. The summed E-state index contributed by atoms with van der Waals surface area (Å²) in [5.41, 5.74) is 3.77. The van der Waals surface area contributed by atoms with Gasteiger partial charge in [-0.05, 0) is 38.4 Å². The van der Waals surface area contributed by atoms with E-state index in [1.807, 2.05) is 13.2 Å². The van der Waals surface area contributed by atoms with E-state index in [2.05, 4.69) is 37.1 Å². The third-order valence-corrected chi connectivity index (χ3v) is 3.28. The van der Waals surface area contributed by atoms with Crippen LogP contribution in [-0.2, 0) is 0 Å². The van der Waals surface area contributed by atoms with Crippen LogP contribution in [0.5, 0.6) is 0 Å². The molecule has 0 amide bonds. The molecule has 96 valence electrons. The zero-order chi connectivity index (χ0) is 12.7. The highest BCUT2D eigenvalue weighted by molar-refractivity contribution is 5.25. The van der Waals surface area contributed by atoms with Crippen molar-refractivity contribution in [3.8, 4) is 0 Å². The summed E-state index contributed by atoms with van der Waals surface area (Å²) in [6, 6.07) is 2.63. The Kier molecular flexibility index (Phi) is 6.20. The van der Waals surface area contributed by atoms with Crippen molar-refractivity contribution in [2.75, 3.05) is 7.05 Å². The molecule has 1 rings (SSSR count). The van der Waals surface area contributed by atoms with Crippen LogP contribution in [0.25, 0.3) is 0 Å². The summed E-state index contributed by atoms with van der Waals surface area (Å²) in [7, 11) is 2.03. The smallest absolute Gasteiger partial charge is 0.0602 e. The van der Waals surface area contributed by atoms with E-state index in [9.17, 15) is 0 Å². The molecule has 0 saturated heterocycles. The normalized spacial score (nSPS) is 12.7. The average molecular weight is 234 g/mol. The van der Waals surface area contributed by atoms with Crippen molar-refractivity contribution in [2.24, 2.45) is 0 Å². The number of aryl methyl sites for hydroxylation is 2. The number of aromatic nitrogens is 1. The molecule has 0 saturated carbocycles. The molecule has 0 radical (unpaired) electrons. The lowest BCUT2D eigenvalue weighted by Crippen LogP contribution is -2.18. The molecule has 1 N–H and O–H groups in total. The van der Waals surface area contributed by atoms with Crippen LogP contribution < -0.4 is 5.32 Å². The van der Waals surface area contributed by atoms with Crippen molar-refractivity contribution in [1.29, 1.82) is 0 Å². The minimum absolute atomic E-state index is 0.410. The lowest BCUT2D eigenvalue weighted by atomic mass is 10.0. The first-order chi connectivity index (χ1) is 8.19. The Bertz CT molecular complexity index is 334. The molecule has 1 aromatic heterocycles. The average Bonchev–Trinajstić information content (AvgIpc) is 2.31. The predicted molar refractivity (Wildman–Crippen MR) is 74.3 cm³/mol. The van der Waals surface area contributed by atoms with Crippen LogP contribution in [-0.4, -0.2) is 12.0 Å². The van der Waals surface area contributed by atoms with E-state index >= 15 is 0 Å². The minimum atomic E-state index is 0.410. The van der Waals surface area contributed by atoms with E-state index in [0.717, 1.165) is 0 Å². The highest BCUT2D eigenvalue weighted by Crippen LogP contribution is 2.21. The molecule has 1 heterocycles. The molecular weight excluding hydrogens is 208 g/mol. The van der Waals surface area contributed by atoms with Crippen molar-refractivity contribution < 1.29 is 0 Å². The Balaban J connectivity index is 2.59. The number of nitrogens with zero attached hydrogens (tertiary/aromatic N) is 1. The summed E-state index contributed by atoms with van der Waals surface area (Å²) in [5.74, 6) is 0. The van der Waals surface area contributed by atoms with Crippen LogP contribution in [0.4, 0.5) is 0 Å². The first-order valence-electron chi connectivity index (χ1n) is 6.79. The topological polar surface area (TPSA) is 24.9 Å². The maximum absolute atomic E-state index is 4.59. The van der Waals surface area contributed by atoms with E-state index in [1.165, 1.54) is 48.9 Å². The van der Waals surface area contributed by atoms with E-state index in [0.29, 0.717) is 6.04 Å². The summed E-state index contributed by atoms with van der Waals surface area (Å²) in [6.45, 7) is 6.51. The molecule has 2 nitrogen and oxygen atoms in total. The first kappa shape index (κ1) is 14.2. The fraction of sp³-hybridized carbons (Fsp3) is 0.667. The number of hydrogen-bond donors (Lipinski definition) is 1. The van der Waals surface area contributed by atoms with Gasteiger partial charge in [0, 0.05) is 12.2 Å². The second kappa shape index (κ2) is 7.44. The molecule has 0 aliphatic heterocycles. The van der Waals surface area contributed by atoms with E-state index in [1.54, 1.807) is 0 Å². The van der Waals surface area contributed by atoms with Crippen molar-refractivity contribution in [3.63, 3.8) is 0 Å². The van der Waals surface area contributed by atoms with Crippen LogP contribution in [0.15, 0.2) is 12.3 Å². The fourth-order valence-electron chi connectivity index (χ4n) is 2.28. The van der Waals surface area contributed by atoms with Crippen molar-refractivity contribution in [2.45, 2.75) is 58.9 Å². The summed E-state index contributed by atoms with van der Waals surface area (Å²) in [5, 5.41) is 3.39. The molecule has 1 atom stereocenters. The zero-order valence-corrected chi connectivity index (χ0v) is 11.7. The number of rotatable bonds is 7. The van der Waals surface area contributed by atoms with Crippen LogP contribution in [0.1, 0.15) is 61.9 Å². The van der Waals surface area contributed by atoms with Gasteiger partial charge in [-0.3, -0.25) is 4.98 Å². The van der Waals surface area contributed by atoms with Gasteiger partial charge in [0.05, 0.1) is 5.69 Å². The Hall–Kier alpha value is -0.890. The summed E-state index contributed by atoms with van der Waals surface area (Å²) in [6.07, 6.45) is 8.42. The standard InChI is InChI=1S/C15H26N2/c1-5-6-7-8-9-14(16-4)15-13(3)10-12(2)11-17-15/h10-11,14,16H,5-9H2,1-4H3. The quantitative estimate of drug-likeness (QED) is 0.723. The van der Waals surface area contributed by atoms with E-state index in [-0.39, 0.29) is 0 Å². The Labute approximate surface area is 106 Å². The predicted octanol–water partition coefficient (Wildman–Crippen LogP) is 3.93. The lowest BCUT2D eigenvalue weighted by Gasteiger charge is -2.18. The summed E-state index contributed by atoms with van der Waals surface area (Å²) >= 11 is 0. The largest absolute Gasteiger partial charge is 0.312 e. The van der Waals surface area contributed by atoms with Crippen LogP contribution in [0.3, 0.4) is 0 Å². The van der Waals surface area contributed by atoms with Gasteiger partial charge < -0.3 is 5.32 Å². The summed E-state index contributed by atoms with van der Waals surface area (Å²) < 4.78 is 0. The second-order valence-corrected chi connectivity index (χ2v) is 4.91. The summed E-state index contributed by atoms with van der Waals surface area (Å²) in [4.78, 5) is 4.59. The molecule has 17 heavy (non-hydrogen) atoms. The number of hydrogen-bond acceptors (Lipinski definition) is 2. The van der Waals surface area contributed by atoms with Crippen LogP contribution in [0, 0.1) is 13.8 Å². The van der Waals surface area contributed by atoms with Crippen molar-refractivity contribution in [3.05, 3.63) is 29.1 Å². The van der Waals surface area contributed by atoms with Gasteiger partial charge in [0.2, 0.25) is 0 Å². The SMILES string of the molecule is CCCCCCC(NC)c1ncc(C)cc1C. The zero-order valence-electron chi connectivity index (χ0n) is 11.7. The molecular formula is C15H26N2. The molecule has 0 spiro atoms. The molecule has 1 aromatic rings. The molecule has 0 aliphatic rings. The van der Waals surface area contributed by atoms with Gasteiger partial charge in [0.1, 0.15) is 0 Å².